The highest BCUT2D eigenvalue weighted by Crippen LogP contribution is 2.23. The Kier molecular flexibility index (Phi) is 5.87. The molecule has 0 unspecified atom stereocenters. The van der Waals surface area contributed by atoms with Crippen LogP contribution in [0.15, 0.2) is 57.8 Å². The number of benzene rings is 2. The second-order valence-corrected chi connectivity index (χ2v) is 7.89. The maximum absolute atomic E-state index is 13.2. The monoisotopic (exact) mass is 477 g/mol. The summed E-state index contributed by atoms with van der Waals surface area (Å²) in [6.07, 6.45) is -7.02. The molecule has 5 N–H and O–H groups in total. The Labute approximate surface area is 179 Å². The zero-order valence-corrected chi connectivity index (χ0v) is 17.2. The molecule has 0 spiro atoms. The van der Waals surface area contributed by atoms with Gasteiger partial charge < -0.3 is 25.2 Å². The Morgan fingerprint density at radius 3 is 2.43 bits per heavy atom. The lowest BCUT2D eigenvalue weighted by Crippen LogP contribution is -2.62. The van der Waals surface area contributed by atoms with Gasteiger partial charge in [0.05, 0.1) is 17.5 Å². The first-order chi connectivity index (χ1) is 14.4. The molecule has 10 heteroatoms. The van der Waals surface area contributed by atoms with E-state index in [1.165, 1.54) is 0 Å². The van der Waals surface area contributed by atoms with Crippen LogP contribution in [0.5, 0.6) is 0 Å². The zero-order chi connectivity index (χ0) is 21.4. The SMILES string of the molecule is O=c1c2ccccc2nc(-c2ccc(Br)cc2)n1N[C@H]1O[C@@H](CO)[C@@H](O)[C@@H](O)[C@@H]1O. The van der Waals surface area contributed by atoms with Crippen LogP contribution in [-0.2, 0) is 4.74 Å². The molecule has 2 heterocycles. The molecule has 0 radical (unpaired) electrons. The summed E-state index contributed by atoms with van der Waals surface area (Å²) in [6, 6.07) is 14.0. The summed E-state index contributed by atoms with van der Waals surface area (Å²) >= 11 is 3.37. The number of nitrogens with zero attached hydrogens (tertiary/aromatic N) is 2. The predicted molar refractivity (Wildman–Crippen MR) is 112 cm³/mol. The largest absolute Gasteiger partial charge is 0.394 e. The number of halogens is 1. The van der Waals surface area contributed by atoms with Crippen LogP contribution in [0.25, 0.3) is 22.3 Å². The molecule has 5 atom stereocenters. The summed E-state index contributed by atoms with van der Waals surface area (Å²) < 4.78 is 7.48. The van der Waals surface area contributed by atoms with Gasteiger partial charge in [-0.3, -0.25) is 10.2 Å². The predicted octanol–water partition coefficient (Wildman–Crippen LogP) is 0.169. The second kappa shape index (κ2) is 8.42. The third kappa shape index (κ3) is 3.73. The summed E-state index contributed by atoms with van der Waals surface area (Å²) in [5.74, 6) is 0.267. The van der Waals surface area contributed by atoms with Crippen molar-refractivity contribution in [3.63, 3.8) is 0 Å². The molecule has 2 aromatic carbocycles. The number of hydrogen-bond acceptors (Lipinski definition) is 8. The van der Waals surface area contributed by atoms with Crippen LogP contribution in [0, 0.1) is 0 Å². The molecule has 0 aliphatic carbocycles. The number of para-hydroxylation sites is 1. The molecule has 1 aromatic heterocycles. The molecule has 0 bridgehead atoms. The van der Waals surface area contributed by atoms with Crippen LogP contribution in [0.4, 0.5) is 0 Å². The number of aliphatic hydroxyl groups is 4. The summed E-state index contributed by atoms with van der Waals surface area (Å²) in [6.45, 7) is -0.576. The lowest BCUT2D eigenvalue weighted by atomic mass is 9.99. The lowest BCUT2D eigenvalue weighted by Gasteiger charge is -2.40. The van der Waals surface area contributed by atoms with Crippen molar-refractivity contribution < 1.29 is 25.2 Å². The fourth-order valence-corrected chi connectivity index (χ4v) is 3.64. The third-order valence-corrected chi connectivity index (χ3v) is 5.56. The van der Waals surface area contributed by atoms with E-state index in [1.54, 1.807) is 48.5 Å². The number of aliphatic hydroxyl groups excluding tert-OH is 4. The first kappa shape index (κ1) is 20.9. The van der Waals surface area contributed by atoms with Gasteiger partial charge in [-0.1, -0.05) is 40.2 Å². The van der Waals surface area contributed by atoms with Crippen molar-refractivity contribution >= 4 is 26.8 Å². The quantitative estimate of drug-likeness (QED) is 0.358. The Balaban J connectivity index is 1.83. The number of nitrogens with one attached hydrogen (secondary N) is 1. The van der Waals surface area contributed by atoms with E-state index >= 15 is 0 Å². The van der Waals surface area contributed by atoms with Crippen LogP contribution in [-0.4, -0.2) is 67.3 Å². The molecule has 4 rings (SSSR count). The minimum atomic E-state index is -1.58. The molecule has 1 fully saturated rings. The van der Waals surface area contributed by atoms with Crippen LogP contribution in [0.1, 0.15) is 0 Å². The molecule has 9 nitrogen and oxygen atoms in total. The number of hydrogen-bond donors (Lipinski definition) is 5. The van der Waals surface area contributed by atoms with E-state index in [-0.39, 0.29) is 5.82 Å². The second-order valence-electron chi connectivity index (χ2n) is 6.98. The van der Waals surface area contributed by atoms with E-state index in [9.17, 15) is 25.2 Å². The number of ether oxygens (including phenoxy) is 1. The minimum absolute atomic E-state index is 0.267. The van der Waals surface area contributed by atoms with Crippen molar-refractivity contribution in [2.75, 3.05) is 12.0 Å². The van der Waals surface area contributed by atoms with Crippen LogP contribution < -0.4 is 11.0 Å². The van der Waals surface area contributed by atoms with E-state index in [4.69, 9.17) is 4.74 Å². The van der Waals surface area contributed by atoms with Crippen LogP contribution in [0.2, 0.25) is 0 Å². The molecule has 1 saturated heterocycles. The highest BCUT2D eigenvalue weighted by atomic mass is 79.9. The summed E-state index contributed by atoms with van der Waals surface area (Å²) in [7, 11) is 0. The average molecular weight is 478 g/mol. The Bertz CT molecular complexity index is 1100. The highest BCUT2D eigenvalue weighted by Gasteiger charge is 2.44. The van der Waals surface area contributed by atoms with E-state index in [1.807, 2.05) is 0 Å². The summed E-state index contributed by atoms with van der Waals surface area (Å²) in [5.41, 5.74) is 3.44. The van der Waals surface area contributed by atoms with Gasteiger partial charge in [-0.25, -0.2) is 9.66 Å². The summed E-state index contributed by atoms with van der Waals surface area (Å²) in [4.78, 5) is 17.8. The molecular weight excluding hydrogens is 458 g/mol. The van der Waals surface area contributed by atoms with Crippen LogP contribution in [0.3, 0.4) is 0 Å². The van der Waals surface area contributed by atoms with E-state index in [0.29, 0.717) is 16.5 Å². The Morgan fingerprint density at radius 1 is 1.03 bits per heavy atom. The van der Waals surface area contributed by atoms with E-state index in [2.05, 4.69) is 26.3 Å². The standard InChI is InChI=1S/C20H20BrN3O6/c21-11-7-5-10(6-8-11)18-22-13-4-2-1-3-12(13)20(29)24(18)23-19-17(28)16(27)15(26)14(9-25)30-19/h1-8,14-17,19,23,25-28H,9H2/t14-,15+,16+,17-,19-/m0/s1. The minimum Gasteiger partial charge on any atom is -0.394 e. The van der Waals surface area contributed by atoms with Crippen molar-refractivity contribution in [2.45, 2.75) is 30.6 Å². The van der Waals surface area contributed by atoms with Gasteiger partial charge >= 0.3 is 0 Å². The number of rotatable bonds is 4. The van der Waals surface area contributed by atoms with Gasteiger partial charge in [0.15, 0.2) is 12.1 Å². The molecule has 3 aromatic rings. The smallest absolute Gasteiger partial charge is 0.280 e. The van der Waals surface area contributed by atoms with Gasteiger partial charge in [0.1, 0.15) is 24.4 Å². The van der Waals surface area contributed by atoms with E-state index < -0.39 is 42.8 Å². The fourth-order valence-electron chi connectivity index (χ4n) is 3.38. The molecule has 1 aliphatic heterocycles. The van der Waals surface area contributed by atoms with Gasteiger partial charge in [-0.15, -0.1) is 0 Å². The molecule has 0 saturated carbocycles. The molecule has 1 aliphatic rings. The van der Waals surface area contributed by atoms with Gasteiger partial charge in [-0.2, -0.15) is 0 Å². The zero-order valence-electron chi connectivity index (χ0n) is 15.6. The molecule has 158 valence electrons. The normalized spacial score (nSPS) is 26.6. The van der Waals surface area contributed by atoms with Gasteiger partial charge in [0.25, 0.3) is 5.56 Å². The van der Waals surface area contributed by atoms with Crippen molar-refractivity contribution in [3.05, 3.63) is 63.4 Å². The van der Waals surface area contributed by atoms with Gasteiger partial charge in [0, 0.05) is 10.0 Å². The third-order valence-electron chi connectivity index (χ3n) is 5.03. The Hall–Kier alpha value is -2.34. The van der Waals surface area contributed by atoms with Gasteiger partial charge in [0.2, 0.25) is 0 Å². The van der Waals surface area contributed by atoms with Crippen molar-refractivity contribution in [1.29, 1.82) is 0 Å². The average Bonchev–Trinajstić information content (AvgIpc) is 2.76. The number of aromatic nitrogens is 2. The number of fused-ring (bicyclic) bond motifs is 1. The fraction of sp³-hybridized carbons (Fsp3) is 0.300. The van der Waals surface area contributed by atoms with Crippen molar-refractivity contribution in [1.82, 2.24) is 9.66 Å². The summed E-state index contributed by atoms with van der Waals surface area (Å²) in [5, 5.41) is 40.2. The van der Waals surface area contributed by atoms with Crippen molar-refractivity contribution in [2.24, 2.45) is 0 Å². The Morgan fingerprint density at radius 2 is 1.73 bits per heavy atom. The van der Waals surface area contributed by atoms with E-state index in [0.717, 1.165) is 9.15 Å². The maximum atomic E-state index is 13.2. The lowest BCUT2D eigenvalue weighted by molar-refractivity contribution is -0.224. The topological polar surface area (TPSA) is 137 Å². The molecule has 0 amide bonds. The first-order valence-corrected chi connectivity index (χ1v) is 10.0. The van der Waals surface area contributed by atoms with Crippen LogP contribution >= 0.6 is 15.9 Å². The van der Waals surface area contributed by atoms with Crippen molar-refractivity contribution in [3.8, 4) is 11.4 Å². The molecular formula is C20H20BrN3O6. The van der Waals surface area contributed by atoms with Gasteiger partial charge in [-0.05, 0) is 24.3 Å². The maximum Gasteiger partial charge on any atom is 0.280 e. The first-order valence-electron chi connectivity index (χ1n) is 9.25. The highest BCUT2D eigenvalue weighted by molar-refractivity contribution is 9.10. The molecule has 30 heavy (non-hydrogen) atoms.